The third-order valence-corrected chi connectivity index (χ3v) is 1.00. The van der Waals surface area contributed by atoms with E-state index in [-0.39, 0.29) is 24.9 Å². The van der Waals surface area contributed by atoms with Gasteiger partial charge in [-0.1, -0.05) is 0 Å². The second kappa shape index (κ2) is 3.95. The smallest absolute Gasteiger partial charge is 0.237 e. The van der Waals surface area contributed by atoms with Gasteiger partial charge in [-0.2, -0.15) is 0 Å². The standard InChI is InChI=1S/C6H8N2O.ClH/c7-6(9)5-8-3-1-2-4-8;/h1-4H,5H2,(H2,7,9);1H. The molecule has 0 saturated heterocycles. The second-order valence-electron chi connectivity index (χ2n) is 1.82. The average molecular weight is 161 g/mol. The van der Waals surface area contributed by atoms with E-state index in [9.17, 15) is 4.79 Å². The van der Waals surface area contributed by atoms with Gasteiger partial charge in [0.2, 0.25) is 5.91 Å². The van der Waals surface area contributed by atoms with Crippen LogP contribution >= 0.6 is 12.4 Å². The first-order chi connectivity index (χ1) is 4.29. The topological polar surface area (TPSA) is 48.0 Å². The minimum Gasteiger partial charge on any atom is -0.368 e. The molecule has 10 heavy (non-hydrogen) atoms. The molecule has 3 nitrogen and oxygen atoms in total. The number of nitrogens with zero attached hydrogens (tertiary/aromatic N) is 1. The van der Waals surface area contributed by atoms with Gasteiger partial charge in [0, 0.05) is 12.4 Å². The van der Waals surface area contributed by atoms with Crippen molar-refractivity contribution >= 4 is 18.3 Å². The lowest BCUT2D eigenvalue weighted by Gasteiger charge is -1.94. The Hall–Kier alpha value is -0.960. The highest BCUT2D eigenvalue weighted by Gasteiger charge is 1.91. The summed E-state index contributed by atoms with van der Waals surface area (Å²) in [5.41, 5.74) is 4.92. The minimum atomic E-state index is -0.314. The van der Waals surface area contributed by atoms with Crippen LogP contribution in [0.4, 0.5) is 0 Å². The van der Waals surface area contributed by atoms with Gasteiger partial charge in [0.05, 0.1) is 0 Å². The average Bonchev–Trinajstić information content (AvgIpc) is 2.15. The van der Waals surface area contributed by atoms with Gasteiger partial charge in [-0.15, -0.1) is 12.4 Å². The van der Waals surface area contributed by atoms with Crippen molar-refractivity contribution in [3.63, 3.8) is 0 Å². The van der Waals surface area contributed by atoms with E-state index in [0.29, 0.717) is 0 Å². The van der Waals surface area contributed by atoms with Crippen LogP contribution in [0, 0.1) is 0 Å². The maximum Gasteiger partial charge on any atom is 0.237 e. The van der Waals surface area contributed by atoms with Crippen molar-refractivity contribution in [1.29, 1.82) is 0 Å². The van der Waals surface area contributed by atoms with Crippen LogP contribution in [0.3, 0.4) is 0 Å². The van der Waals surface area contributed by atoms with Gasteiger partial charge in [-0.05, 0) is 12.1 Å². The highest BCUT2D eigenvalue weighted by Crippen LogP contribution is 1.87. The fourth-order valence-corrected chi connectivity index (χ4v) is 0.656. The Morgan fingerprint density at radius 1 is 1.40 bits per heavy atom. The number of halogens is 1. The molecule has 0 aliphatic carbocycles. The molecule has 1 rings (SSSR count). The van der Waals surface area contributed by atoms with Gasteiger partial charge >= 0.3 is 0 Å². The molecule has 0 atom stereocenters. The molecule has 0 bridgehead atoms. The monoisotopic (exact) mass is 160 g/mol. The zero-order valence-corrected chi connectivity index (χ0v) is 6.17. The predicted octanol–water partition coefficient (Wildman–Crippen LogP) is 0.395. The molecule has 1 aromatic heterocycles. The van der Waals surface area contributed by atoms with Crippen molar-refractivity contribution in [3.05, 3.63) is 24.5 Å². The number of primary amides is 1. The molecule has 2 N–H and O–H groups in total. The van der Waals surface area contributed by atoms with Crippen LogP contribution in [0.15, 0.2) is 24.5 Å². The fraction of sp³-hybridized carbons (Fsp3) is 0.167. The van der Waals surface area contributed by atoms with Crippen molar-refractivity contribution in [3.8, 4) is 0 Å². The Bertz CT molecular complexity index is 196. The summed E-state index contributed by atoms with van der Waals surface area (Å²) in [6, 6.07) is 3.70. The zero-order valence-electron chi connectivity index (χ0n) is 5.36. The van der Waals surface area contributed by atoms with Crippen molar-refractivity contribution in [2.75, 3.05) is 0 Å². The molecule has 1 amide bonds. The van der Waals surface area contributed by atoms with E-state index in [0.717, 1.165) is 0 Å². The van der Waals surface area contributed by atoms with E-state index < -0.39 is 0 Å². The number of hydrogen-bond acceptors (Lipinski definition) is 1. The SMILES string of the molecule is Cl.NC(=O)Cn1cccc1. The van der Waals surface area contributed by atoms with Gasteiger partial charge in [0.15, 0.2) is 0 Å². The van der Waals surface area contributed by atoms with Gasteiger partial charge in [-0.25, -0.2) is 0 Å². The molecular formula is C6H9ClN2O. The molecule has 0 aromatic carbocycles. The Balaban J connectivity index is 0.000000810. The van der Waals surface area contributed by atoms with E-state index in [1.54, 1.807) is 17.0 Å². The third-order valence-electron chi connectivity index (χ3n) is 1.00. The van der Waals surface area contributed by atoms with Crippen LogP contribution in [-0.2, 0) is 11.3 Å². The van der Waals surface area contributed by atoms with Crippen LogP contribution < -0.4 is 5.73 Å². The molecule has 56 valence electrons. The first-order valence-corrected chi connectivity index (χ1v) is 2.68. The second-order valence-corrected chi connectivity index (χ2v) is 1.82. The number of rotatable bonds is 2. The Labute approximate surface area is 65.2 Å². The molecule has 0 saturated carbocycles. The third kappa shape index (κ3) is 2.55. The molecule has 0 fully saturated rings. The largest absolute Gasteiger partial charge is 0.368 e. The first kappa shape index (κ1) is 9.04. The van der Waals surface area contributed by atoms with Crippen molar-refractivity contribution in [1.82, 2.24) is 4.57 Å². The van der Waals surface area contributed by atoms with Gasteiger partial charge < -0.3 is 10.3 Å². The number of hydrogen-bond donors (Lipinski definition) is 1. The Morgan fingerprint density at radius 3 is 2.30 bits per heavy atom. The summed E-state index contributed by atoms with van der Waals surface area (Å²) >= 11 is 0. The lowest BCUT2D eigenvalue weighted by atomic mass is 10.6. The number of nitrogens with two attached hydrogens (primary N) is 1. The zero-order chi connectivity index (χ0) is 6.69. The number of amides is 1. The fourth-order valence-electron chi connectivity index (χ4n) is 0.656. The molecule has 0 spiro atoms. The van der Waals surface area contributed by atoms with Crippen LogP contribution in [-0.4, -0.2) is 10.5 Å². The van der Waals surface area contributed by atoms with E-state index in [4.69, 9.17) is 5.73 Å². The van der Waals surface area contributed by atoms with E-state index in [1.807, 2.05) is 12.1 Å². The highest BCUT2D eigenvalue weighted by molar-refractivity contribution is 5.85. The lowest BCUT2D eigenvalue weighted by molar-refractivity contribution is -0.118. The first-order valence-electron chi connectivity index (χ1n) is 2.68. The highest BCUT2D eigenvalue weighted by atomic mass is 35.5. The van der Waals surface area contributed by atoms with Crippen molar-refractivity contribution in [2.24, 2.45) is 5.73 Å². The molecule has 0 aliphatic heterocycles. The lowest BCUT2D eigenvalue weighted by Crippen LogP contribution is -2.17. The van der Waals surface area contributed by atoms with E-state index >= 15 is 0 Å². The summed E-state index contributed by atoms with van der Waals surface area (Å²) in [5, 5.41) is 0. The van der Waals surface area contributed by atoms with Crippen LogP contribution in [0.25, 0.3) is 0 Å². The number of aromatic nitrogens is 1. The predicted molar refractivity (Wildman–Crippen MR) is 40.9 cm³/mol. The molecular weight excluding hydrogens is 152 g/mol. The summed E-state index contributed by atoms with van der Waals surface area (Å²) in [4.78, 5) is 10.3. The van der Waals surface area contributed by atoms with Crippen LogP contribution in [0.5, 0.6) is 0 Å². The van der Waals surface area contributed by atoms with E-state index in [2.05, 4.69) is 0 Å². The summed E-state index contributed by atoms with van der Waals surface area (Å²) in [7, 11) is 0. The molecule has 0 unspecified atom stereocenters. The summed E-state index contributed by atoms with van der Waals surface area (Å²) in [6.45, 7) is 0.271. The molecule has 1 aromatic rings. The number of carbonyl (C=O) groups is 1. The summed E-state index contributed by atoms with van der Waals surface area (Å²) in [6.07, 6.45) is 3.59. The molecule has 0 aliphatic rings. The normalized spacial score (nSPS) is 8.40. The maximum atomic E-state index is 10.3. The van der Waals surface area contributed by atoms with Crippen molar-refractivity contribution in [2.45, 2.75) is 6.54 Å². The molecule has 0 radical (unpaired) electrons. The quantitative estimate of drug-likeness (QED) is 0.669. The van der Waals surface area contributed by atoms with Gasteiger partial charge in [-0.3, -0.25) is 4.79 Å². The minimum absolute atomic E-state index is 0. The Kier molecular flexibility index (Phi) is 3.57. The summed E-state index contributed by atoms with van der Waals surface area (Å²) < 4.78 is 1.72. The Morgan fingerprint density at radius 2 is 1.90 bits per heavy atom. The van der Waals surface area contributed by atoms with Gasteiger partial charge in [0.25, 0.3) is 0 Å². The molecule has 1 heterocycles. The van der Waals surface area contributed by atoms with Crippen LogP contribution in [0.2, 0.25) is 0 Å². The van der Waals surface area contributed by atoms with Crippen molar-refractivity contribution < 1.29 is 4.79 Å². The molecule has 4 heteroatoms. The van der Waals surface area contributed by atoms with Gasteiger partial charge in [0.1, 0.15) is 6.54 Å². The van der Waals surface area contributed by atoms with E-state index in [1.165, 1.54) is 0 Å². The number of carbonyl (C=O) groups excluding carboxylic acids is 1. The summed E-state index contributed by atoms with van der Waals surface area (Å²) in [5.74, 6) is -0.314. The maximum absolute atomic E-state index is 10.3. The van der Waals surface area contributed by atoms with Crippen LogP contribution in [0.1, 0.15) is 0 Å².